The fourth-order valence-corrected chi connectivity index (χ4v) is 2.68. The summed E-state index contributed by atoms with van der Waals surface area (Å²) in [5.74, 6) is 1.58. The van der Waals surface area contributed by atoms with Crippen molar-refractivity contribution < 1.29 is 0 Å². The Balaban J connectivity index is 0.00000233. The number of anilines is 2. The third kappa shape index (κ3) is 7.33. The van der Waals surface area contributed by atoms with Gasteiger partial charge in [0.05, 0.1) is 22.8 Å². The molecular formula is C25H36N6. The highest BCUT2D eigenvalue weighted by molar-refractivity contribution is 6.13. The van der Waals surface area contributed by atoms with Gasteiger partial charge < -0.3 is 21.3 Å². The Labute approximate surface area is 187 Å². The molecule has 1 aromatic rings. The Kier molecular flexibility index (Phi) is 9.54. The molecule has 2 rings (SSSR count). The van der Waals surface area contributed by atoms with Gasteiger partial charge in [-0.2, -0.15) is 0 Å². The van der Waals surface area contributed by atoms with Crippen LogP contribution in [0.25, 0.3) is 0 Å². The molecule has 0 aromatic heterocycles. The molecule has 0 aliphatic carbocycles. The molecule has 0 atom stereocenters. The summed E-state index contributed by atoms with van der Waals surface area (Å²) >= 11 is 0. The summed E-state index contributed by atoms with van der Waals surface area (Å²) in [5, 5.41) is 6.60. The van der Waals surface area contributed by atoms with Gasteiger partial charge in [-0.1, -0.05) is 51.8 Å². The highest BCUT2D eigenvalue weighted by Gasteiger charge is 2.18. The summed E-state index contributed by atoms with van der Waals surface area (Å²) in [6.45, 7) is 26.0. The lowest BCUT2D eigenvalue weighted by Crippen LogP contribution is -2.19. The number of nitrogens with one attached hydrogen (secondary N) is 2. The van der Waals surface area contributed by atoms with Crippen molar-refractivity contribution in [3.63, 3.8) is 0 Å². The van der Waals surface area contributed by atoms with E-state index in [0.717, 1.165) is 33.9 Å². The van der Waals surface area contributed by atoms with Crippen LogP contribution in [-0.4, -0.2) is 18.6 Å². The zero-order chi connectivity index (χ0) is 23.7. The number of fused-ring (bicyclic) bond motifs is 1. The van der Waals surface area contributed by atoms with Gasteiger partial charge in [-0.25, -0.2) is 9.98 Å². The van der Waals surface area contributed by atoms with E-state index in [4.69, 9.17) is 5.73 Å². The second-order valence-electron chi connectivity index (χ2n) is 7.07. The largest absolute Gasteiger partial charge is 0.384 e. The third-order valence-electron chi connectivity index (χ3n) is 4.54. The van der Waals surface area contributed by atoms with Crippen molar-refractivity contribution in [3.05, 3.63) is 84.6 Å². The first-order valence-electron chi connectivity index (χ1n) is 10.3. The van der Waals surface area contributed by atoms with Gasteiger partial charge >= 0.3 is 0 Å². The van der Waals surface area contributed by atoms with Gasteiger partial charge in [0.2, 0.25) is 0 Å². The molecule has 1 aliphatic heterocycles. The van der Waals surface area contributed by atoms with Crippen molar-refractivity contribution in [1.82, 2.24) is 5.32 Å². The zero-order valence-corrected chi connectivity index (χ0v) is 19.8. The number of nitrogens with zero attached hydrogens (tertiary/aromatic N) is 3. The van der Waals surface area contributed by atoms with Crippen molar-refractivity contribution in [2.45, 2.75) is 41.2 Å². The number of hydrogen-bond acceptors (Lipinski definition) is 5. The Hall–Kier alpha value is -3.54. The summed E-state index contributed by atoms with van der Waals surface area (Å²) < 4.78 is 0. The molecule has 6 nitrogen and oxygen atoms in total. The summed E-state index contributed by atoms with van der Waals surface area (Å²) in [4.78, 5) is 10.7. The molecule has 4 N–H and O–H groups in total. The van der Waals surface area contributed by atoms with Gasteiger partial charge in [0, 0.05) is 13.6 Å². The quantitative estimate of drug-likeness (QED) is 0.311. The molecular weight excluding hydrogens is 384 g/mol. The van der Waals surface area contributed by atoms with E-state index in [9.17, 15) is 0 Å². The number of benzene rings is 1. The monoisotopic (exact) mass is 420 g/mol. The fourth-order valence-electron chi connectivity index (χ4n) is 2.68. The summed E-state index contributed by atoms with van der Waals surface area (Å²) in [6, 6.07) is 6.24. The van der Waals surface area contributed by atoms with E-state index in [-0.39, 0.29) is 5.82 Å². The maximum absolute atomic E-state index is 5.56. The van der Waals surface area contributed by atoms with E-state index >= 15 is 0 Å². The van der Waals surface area contributed by atoms with Gasteiger partial charge in [0.15, 0.2) is 0 Å². The predicted molar refractivity (Wildman–Crippen MR) is 137 cm³/mol. The normalized spacial score (nSPS) is 13.7. The molecule has 0 fully saturated rings. The minimum absolute atomic E-state index is 0.210. The second kappa shape index (κ2) is 11.6. The third-order valence-corrected chi connectivity index (χ3v) is 4.54. The first kappa shape index (κ1) is 25.5. The average molecular weight is 421 g/mol. The van der Waals surface area contributed by atoms with Gasteiger partial charge in [0.25, 0.3) is 0 Å². The predicted octanol–water partition coefficient (Wildman–Crippen LogP) is 5.46. The van der Waals surface area contributed by atoms with E-state index in [1.165, 1.54) is 0 Å². The zero-order valence-electron chi connectivity index (χ0n) is 19.8. The van der Waals surface area contributed by atoms with Crippen molar-refractivity contribution >= 4 is 22.9 Å². The molecule has 0 unspecified atom stereocenters. The average Bonchev–Trinajstić information content (AvgIpc) is 2.99. The Bertz CT molecular complexity index is 962. The van der Waals surface area contributed by atoms with Crippen LogP contribution in [-0.2, 0) is 6.54 Å². The lowest BCUT2D eigenvalue weighted by Gasteiger charge is -2.14. The Morgan fingerprint density at radius 3 is 2.39 bits per heavy atom. The molecule has 31 heavy (non-hydrogen) atoms. The van der Waals surface area contributed by atoms with Crippen molar-refractivity contribution in [3.8, 4) is 0 Å². The second-order valence-corrected chi connectivity index (χ2v) is 7.07. The smallest absolute Gasteiger partial charge is 0.128 e. The topological polar surface area (TPSA) is 78.0 Å². The van der Waals surface area contributed by atoms with Crippen LogP contribution in [0, 0.1) is 0 Å². The number of amidine groups is 1. The van der Waals surface area contributed by atoms with Gasteiger partial charge in [0.1, 0.15) is 17.5 Å². The van der Waals surface area contributed by atoms with Crippen molar-refractivity contribution in [1.29, 1.82) is 0 Å². The molecule has 0 spiro atoms. The lowest BCUT2D eigenvalue weighted by atomic mass is 10.1. The van der Waals surface area contributed by atoms with Crippen LogP contribution in [0.15, 0.2) is 89.1 Å². The lowest BCUT2D eigenvalue weighted by molar-refractivity contribution is 0.847. The summed E-state index contributed by atoms with van der Waals surface area (Å²) in [7, 11) is 1.99. The van der Waals surface area contributed by atoms with Gasteiger partial charge in [-0.15, -0.1) is 0 Å². The van der Waals surface area contributed by atoms with Crippen LogP contribution in [0.4, 0.5) is 11.4 Å². The van der Waals surface area contributed by atoms with E-state index in [1.54, 1.807) is 6.92 Å². The number of nitrogens with two attached hydrogens (primary N) is 1. The van der Waals surface area contributed by atoms with Crippen LogP contribution in [0.1, 0.15) is 40.2 Å². The van der Waals surface area contributed by atoms with Crippen LogP contribution in [0.5, 0.6) is 0 Å². The molecule has 1 aliphatic rings. The molecule has 1 aromatic carbocycles. The number of rotatable bonds is 7. The Morgan fingerprint density at radius 1 is 1.16 bits per heavy atom. The van der Waals surface area contributed by atoms with Crippen molar-refractivity contribution in [2.75, 3.05) is 17.3 Å². The molecule has 166 valence electrons. The highest BCUT2D eigenvalue weighted by Crippen LogP contribution is 2.35. The molecule has 0 bridgehead atoms. The first-order valence-corrected chi connectivity index (χ1v) is 10.3. The summed E-state index contributed by atoms with van der Waals surface area (Å²) in [5.41, 5.74) is 12.1. The van der Waals surface area contributed by atoms with E-state index in [0.29, 0.717) is 23.8 Å². The van der Waals surface area contributed by atoms with Crippen LogP contribution < -0.4 is 21.3 Å². The minimum atomic E-state index is 0.210. The van der Waals surface area contributed by atoms with E-state index in [1.807, 2.05) is 51.8 Å². The maximum Gasteiger partial charge on any atom is 0.128 e. The van der Waals surface area contributed by atoms with Crippen LogP contribution in [0.3, 0.4) is 0 Å². The maximum atomic E-state index is 5.56. The van der Waals surface area contributed by atoms with E-state index in [2.05, 4.69) is 59.1 Å². The number of allylic oxidation sites excluding steroid dienone is 3. The molecule has 0 radical (unpaired) electrons. The van der Waals surface area contributed by atoms with Gasteiger partial charge in [-0.05, 0) is 50.1 Å². The standard InChI is InChI=1S/C23H30N6.C2H6/c1-14(2)15(3)11-22(27-18(6)26-17(5)24)16(4)25-13-20-9-10-21-23(12-20)29(8)19(7)28-21;1-2/h9-12,25,28H,1,4-5,7,13,24H2,2-3,6,8H3;1-2H3/b15-11+,26-18+,27-22-;. The minimum Gasteiger partial charge on any atom is -0.384 e. The highest BCUT2D eigenvalue weighted by atomic mass is 15.3. The number of hydrogen-bond donors (Lipinski definition) is 3. The molecule has 1 heterocycles. The fraction of sp³-hybridized carbons (Fsp3) is 0.280. The first-order chi connectivity index (χ1) is 14.6. The van der Waals surface area contributed by atoms with E-state index < -0.39 is 0 Å². The number of aliphatic imine (C=N–C) groups is 2. The molecule has 0 amide bonds. The van der Waals surface area contributed by atoms with Crippen LogP contribution >= 0.6 is 0 Å². The summed E-state index contributed by atoms with van der Waals surface area (Å²) in [6.07, 6.45) is 1.93. The molecule has 0 saturated heterocycles. The van der Waals surface area contributed by atoms with Crippen molar-refractivity contribution in [2.24, 2.45) is 15.7 Å². The van der Waals surface area contributed by atoms with Crippen LogP contribution in [0.2, 0.25) is 0 Å². The molecule has 0 saturated carbocycles. The SMILES string of the molecule is C=C(N)/N=C(C)/N=C(/C=C(\C)C(=C)C)C(=C)NCc1ccc2c(c1)N(C)C(=C)N2.CC. The molecule has 6 heteroatoms. The Morgan fingerprint density at radius 2 is 1.81 bits per heavy atom. The van der Waals surface area contributed by atoms with Gasteiger partial charge in [-0.3, -0.25) is 0 Å².